The third-order valence-corrected chi connectivity index (χ3v) is 9.44. The Kier molecular flexibility index (Phi) is 8.05. The molecule has 1 aliphatic heterocycles. The lowest BCUT2D eigenvalue weighted by Gasteiger charge is -2.37. The zero-order valence-electron chi connectivity index (χ0n) is 24.3. The van der Waals surface area contributed by atoms with E-state index in [1.807, 2.05) is 0 Å². The summed E-state index contributed by atoms with van der Waals surface area (Å²) in [6.45, 7) is 18.9. The fraction of sp³-hybridized carbons (Fsp3) is 0.677. The fourth-order valence-corrected chi connectivity index (χ4v) is 7.00. The first-order valence-electron chi connectivity index (χ1n) is 14.1. The number of hydrogen-bond donors (Lipinski definition) is 2. The van der Waals surface area contributed by atoms with Gasteiger partial charge in [-0.1, -0.05) is 53.9 Å². The summed E-state index contributed by atoms with van der Waals surface area (Å²) in [6.07, 6.45) is 7.43. The highest BCUT2D eigenvalue weighted by molar-refractivity contribution is 7.83. The van der Waals surface area contributed by atoms with Crippen molar-refractivity contribution in [1.29, 1.82) is 0 Å². The highest BCUT2D eigenvalue weighted by Crippen LogP contribution is 2.47. The molecule has 4 rings (SSSR count). The Labute approximate surface area is 227 Å². The van der Waals surface area contributed by atoms with Gasteiger partial charge in [0.25, 0.3) is 0 Å². The maximum Gasteiger partial charge on any atom is 0.126 e. The molecule has 1 aromatic carbocycles. The van der Waals surface area contributed by atoms with Crippen LogP contribution in [0.5, 0.6) is 5.75 Å². The van der Waals surface area contributed by atoms with E-state index in [0.717, 1.165) is 41.6 Å². The van der Waals surface area contributed by atoms with E-state index in [1.165, 1.54) is 48.8 Å². The molecule has 0 saturated heterocycles. The molecule has 0 amide bonds. The van der Waals surface area contributed by atoms with Gasteiger partial charge < -0.3 is 14.4 Å². The van der Waals surface area contributed by atoms with Gasteiger partial charge in [-0.3, -0.25) is 0 Å². The quantitative estimate of drug-likeness (QED) is 0.416. The maximum absolute atomic E-state index is 13.4. The standard InChI is InChI=1S/C31H48N2O3S/c1-21-27(37(35)32-20-31(7,8)34)18-26(33(21)19-22-12-10-9-11-13-22)23-16-24(29(2,3)4)28-25(17-23)30(5,6)14-15-36-28/h16-18,22,32,34H,9-15,19-20H2,1-8H3. The number of hydrogen-bond acceptors (Lipinski definition) is 3. The van der Waals surface area contributed by atoms with Crippen LogP contribution in [0.25, 0.3) is 11.3 Å². The van der Waals surface area contributed by atoms with Crippen LogP contribution < -0.4 is 9.46 Å². The lowest BCUT2D eigenvalue weighted by molar-refractivity contribution is 0.0861. The third kappa shape index (κ3) is 6.34. The Morgan fingerprint density at radius 2 is 1.78 bits per heavy atom. The van der Waals surface area contributed by atoms with Crippen molar-refractivity contribution in [3.05, 3.63) is 35.0 Å². The lowest BCUT2D eigenvalue weighted by atomic mass is 9.74. The van der Waals surface area contributed by atoms with Crippen LogP contribution in [0.4, 0.5) is 0 Å². The smallest absolute Gasteiger partial charge is 0.126 e. The number of rotatable bonds is 7. The Balaban J connectivity index is 1.86. The molecular formula is C31H48N2O3S. The Morgan fingerprint density at radius 3 is 2.41 bits per heavy atom. The number of benzene rings is 1. The van der Waals surface area contributed by atoms with Crippen molar-refractivity contribution in [2.45, 2.75) is 122 Å². The van der Waals surface area contributed by atoms with Gasteiger partial charge in [0.2, 0.25) is 0 Å². The third-order valence-electron chi connectivity index (χ3n) is 8.22. The number of ether oxygens (including phenoxy) is 1. The summed E-state index contributed by atoms with van der Waals surface area (Å²) < 4.78 is 25.2. The van der Waals surface area contributed by atoms with E-state index in [9.17, 15) is 9.32 Å². The summed E-state index contributed by atoms with van der Waals surface area (Å²) in [6, 6.07) is 6.76. The van der Waals surface area contributed by atoms with E-state index in [4.69, 9.17) is 4.74 Å². The molecule has 37 heavy (non-hydrogen) atoms. The highest BCUT2D eigenvalue weighted by Gasteiger charge is 2.34. The first-order valence-corrected chi connectivity index (χ1v) is 15.2. The van der Waals surface area contributed by atoms with Gasteiger partial charge in [-0.25, -0.2) is 8.93 Å². The summed E-state index contributed by atoms with van der Waals surface area (Å²) in [5.74, 6) is 1.69. The summed E-state index contributed by atoms with van der Waals surface area (Å²) in [7, 11) is -1.41. The molecule has 1 aliphatic carbocycles. The van der Waals surface area contributed by atoms with Crippen LogP contribution in [-0.4, -0.2) is 32.6 Å². The molecular weight excluding hydrogens is 480 g/mol. The van der Waals surface area contributed by atoms with Crippen LogP contribution >= 0.6 is 0 Å². The number of aliphatic hydroxyl groups is 1. The van der Waals surface area contributed by atoms with E-state index in [1.54, 1.807) is 13.8 Å². The molecule has 0 radical (unpaired) electrons. The molecule has 5 nitrogen and oxygen atoms in total. The molecule has 2 heterocycles. The van der Waals surface area contributed by atoms with Gasteiger partial charge in [0.05, 0.1) is 17.1 Å². The van der Waals surface area contributed by atoms with Gasteiger partial charge in [-0.2, -0.15) is 0 Å². The first-order chi connectivity index (χ1) is 17.2. The normalized spacial score (nSPS) is 19.4. The molecule has 1 fully saturated rings. The summed E-state index contributed by atoms with van der Waals surface area (Å²) >= 11 is 0. The van der Waals surface area contributed by atoms with Crippen LogP contribution in [0.3, 0.4) is 0 Å². The van der Waals surface area contributed by atoms with Crippen molar-refractivity contribution >= 4 is 11.0 Å². The van der Waals surface area contributed by atoms with Crippen molar-refractivity contribution in [2.75, 3.05) is 13.2 Å². The zero-order valence-corrected chi connectivity index (χ0v) is 25.1. The molecule has 1 aromatic heterocycles. The molecule has 2 aliphatic rings. The highest BCUT2D eigenvalue weighted by atomic mass is 32.2. The number of fused-ring (bicyclic) bond motifs is 1. The van der Waals surface area contributed by atoms with Gasteiger partial charge in [0, 0.05) is 35.6 Å². The van der Waals surface area contributed by atoms with E-state index >= 15 is 0 Å². The maximum atomic E-state index is 13.4. The number of nitrogens with zero attached hydrogens (tertiary/aromatic N) is 1. The predicted molar refractivity (Wildman–Crippen MR) is 154 cm³/mol. The van der Waals surface area contributed by atoms with Gasteiger partial charge in [0.1, 0.15) is 16.7 Å². The van der Waals surface area contributed by atoms with Crippen LogP contribution in [0.15, 0.2) is 23.1 Å². The Hall–Kier alpha value is -1.63. The van der Waals surface area contributed by atoms with Crippen LogP contribution in [0, 0.1) is 12.8 Å². The predicted octanol–water partition coefficient (Wildman–Crippen LogP) is 6.78. The van der Waals surface area contributed by atoms with Crippen molar-refractivity contribution in [3.8, 4) is 17.0 Å². The van der Waals surface area contributed by atoms with E-state index in [0.29, 0.717) is 5.92 Å². The summed E-state index contributed by atoms with van der Waals surface area (Å²) in [4.78, 5) is 0.806. The van der Waals surface area contributed by atoms with Crippen LogP contribution in [0.2, 0.25) is 0 Å². The molecule has 0 spiro atoms. The van der Waals surface area contributed by atoms with Crippen LogP contribution in [-0.2, 0) is 28.4 Å². The fourth-order valence-electron chi connectivity index (χ4n) is 5.77. The van der Waals surface area contributed by atoms with Crippen molar-refractivity contribution in [1.82, 2.24) is 9.29 Å². The van der Waals surface area contributed by atoms with Crippen molar-refractivity contribution in [3.63, 3.8) is 0 Å². The minimum absolute atomic E-state index is 0.0271. The molecule has 0 bridgehead atoms. The van der Waals surface area contributed by atoms with Crippen LogP contribution in [0.1, 0.15) is 104 Å². The van der Waals surface area contributed by atoms with Gasteiger partial charge in [-0.05, 0) is 80.5 Å². The monoisotopic (exact) mass is 528 g/mol. The molecule has 1 saturated carbocycles. The second-order valence-corrected chi connectivity index (χ2v) is 14.9. The molecule has 206 valence electrons. The number of aromatic nitrogens is 1. The van der Waals surface area contributed by atoms with E-state index in [-0.39, 0.29) is 17.4 Å². The lowest BCUT2D eigenvalue weighted by Crippen LogP contribution is -2.35. The largest absolute Gasteiger partial charge is 0.493 e. The van der Waals surface area contributed by atoms with Gasteiger partial charge >= 0.3 is 0 Å². The average molecular weight is 529 g/mol. The molecule has 2 N–H and O–H groups in total. The van der Waals surface area contributed by atoms with E-state index in [2.05, 4.69) is 69.0 Å². The Morgan fingerprint density at radius 1 is 1.11 bits per heavy atom. The minimum atomic E-state index is -1.41. The topological polar surface area (TPSA) is 63.5 Å². The van der Waals surface area contributed by atoms with Crippen molar-refractivity contribution in [2.24, 2.45) is 5.92 Å². The minimum Gasteiger partial charge on any atom is -0.493 e. The second-order valence-electron chi connectivity index (χ2n) is 13.6. The number of nitrogens with one attached hydrogen (secondary N) is 1. The Bertz CT molecular complexity index is 1130. The van der Waals surface area contributed by atoms with E-state index < -0.39 is 16.6 Å². The average Bonchev–Trinajstić information content (AvgIpc) is 3.12. The van der Waals surface area contributed by atoms with Gasteiger partial charge in [-0.15, -0.1) is 0 Å². The first kappa shape index (κ1) is 28.4. The molecule has 6 heteroatoms. The summed E-state index contributed by atoms with van der Waals surface area (Å²) in [5, 5.41) is 10.2. The molecule has 1 atom stereocenters. The molecule has 1 unspecified atom stereocenters. The van der Waals surface area contributed by atoms with Crippen molar-refractivity contribution < 1.29 is 14.1 Å². The molecule has 2 aromatic rings. The van der Waals surface area contributed by atoms with Gasteiger partial charge in [0.15, 0.2) is 0 Å². The second kappa shape index (κ2) is 10.5. The summed E-state index contributed by atoms with van der Waals surface area (Å²) in [5.41, 5.74) is 4.89. The SMILES string of the molecule is Cc1c(S(=O)NCC(C)(C)O)cc(-c2cc(C(C)(C)C)c3c(c2)C(C)(C)CCO3)n1CC1CCCCC1. The zero-order chi connectivity index (χ0) is 27.2.